The molecule has 3 heterocycles. The van der Waals surface area contributed by atoms with Crippen LogP contribution in [0.1, 0.15) is 44.5 Å². The minimum atomic E-state index is -0.622. The lowest BCUT2D eigenvalue weighted by Gasteiger charge is -2.35. The summed E-state index contributed by atoms with van der Waals surface area (Å²) in [6.45, 7) is 0. The van der Waals surface area contributed by atoms with Gasteiger partial charge in [0.05, 0.1) is 33.3 Å². The zero-order valence-corrected chi connectivity index (χ0v) is 58.3. The summed E-state index contributed by atoms with van der Waals surface area (Å²) in [4.78, 5) is 15.7. The van der Waals surface area contributed by atoms with Crippen LogP contribution in [-0.4, -0.2) is 30.4 Å². The van der Waals surface area contributed by atoms with E-state index in [9.17, 15) is 0 Å². The smallest absolute Gasteiger partial charge is 0.248 e. The van der Waals surface area contributed by atoms with Crippen LogP contribution in [0.2, 0.25) is 0 Å². The Bertz CT molecular complexity index is 5870. The minimum absolute atomic E-state index is 0.437. The highest BCUT2D eigenvalue weighted by Crippen LogP contribution is 2.59. The summed E-state index contributed by atoms with van der Waals surface area (Å²) in [5.41, 5.74) is 27.2. The van der Waals surface area contributed by atoms with Crippen LogP contribution in [0.15, 0.2) is 397 Å². The Balaban J connectivity index is 0.708. The van der Waals surface area contributed by atoms with Gasteiger partial charge in [0, 0.05) is 67.5 Å². The molecule has 0 radical (unpaired) electrons. The van der Waals surface area contributed by atoms with Crippen molar-refractivity contribution in [3.8, 4) is 90.6 Å². The van der Waals surface area contributed by atoms with Crippen molar-refractivity contribution in [2.45, 2.75) is 10.8 Å². The van der Waals surface area contributed by atoms with E-state index >= 15 is 0 Å². The third-order valence-corrected chi connectivity index (χ3v) is 21.4. The molecule has 20 rings (SSSR count). The molecular formula is C98H64N8O2. The third kappa shape index (κ3) is 10.6. The second kappa shape index (κ2) is 26.3. The van der Waals surface area contributed by atoms with Crippen molar-refractivity contribution < 1.29 is 8.83 Å². The van der Waals surface area contributed by atoms with Gasteiger partial charge in [-0.3, -0.25) is 0 Å². The van der Waals surface area contributed by atoms with Crippen molar-refractivity contribution in [1.82, 2.24) is 30.4 Å². The average molecular weight is 1390 g/mol. The zero-order valence-electron chi connectivity index (χ0n) is 58.3. The monoisotopic (exact) mass is 1380 g/mol. The molecular weight excluding hydrogens is 1320 g/mol. The van der Waals surface area contributed by atoms with Gasteiger partial charge in [0.1, 0.15) is 0 Å². The van der Waals surface area contributed by atoms with E-state index in [1.807, 2.05) is 84.9 Å². The van der Waals surface area contributed by atoms with Crippen molar-refractivity contribution >= 4 is 45.2 Å². The zero-order chi connectivity index (χ0) is 71.5. The molecule has 508 valence electrons. The molecule has 0 N–H and O–H groups in total. The second-order valence-electron chi connectivity index (χ2n) is 27.3. The largest absolute Gasteiger partial charge is 0.416 e. The lowest BCUT2D eigenvalue weighted by molar-refractivity contribution is 0.584. The summed E-state index contributed by atoms with van der Waals surface area (Å²) in [6, 6.07) is 138. The molecule has 10 heteroatoms. The maximum absolute atomic E-state index is 6.32. The maximum Gasteiger partial charge on any atom is 0.248 e. The first kappa shape index (κ1) is 63.2. The first-order valence-corrected chi connectivity index (χ1v) is 36.3. The molecule has 18 aromatic rings. The number of fused-ring (bicyclic) bond motifs is 7. The summed E-state index contributed by atoms with van der Waals surface area (Å²) in [7, 11) is 0. The fraction of sp³-hybridized carbons (Fsp3) is 0.0204. The molecule has 0 unspecified atom stereocenters. The summed E-state index contributed by atoms with van der Waals surface area (Å²) >= 11 is 0. The first-order chi connectivity index (χ1) is 53.5. The van der Waals surface area contributed by atoms with Crippen LogP contribution in [0.25, 0.3) is 102 Å². The number of benzene rings is 15. The predicted molar refractivity (Wildman–Crippen MR) is 432 cm³/mol. The Morgan fingerprint density at radius 3 is 0.778 bits per heavy atom. The molecule has 3 aromatic heterocycles. The first-order valence-electron chi connectivity index (χ1n) is 36.3. The molecule has 0 saturated heterocycles. The van der Waals surface area contributed by atoms with Crippen LogP contribution in [0.4, 0.5) is 34.1 Å². The van der Waals surface area contributed by atoms with Crippen LogP contribution in [0.5, 0.6) is 0 Å². The van der Waals surface area contributed by atoms with Crippen LogP contribution in [0.3, 0.4) is 0 Å². The Kier molecular flexibility index (Phi) is 15.4. The SMILES string of the molecule is c1ccc(-c2nnc(-c3ccc(N(c4ccc(-c5nc6ccccc6nc5-c5ccc(N(c6ccc(-c7nnc(-c8ccccc8)o7)cc6)c6ccc7c(c6)C(c6ccccc6)(c6ccccc6)c6ccccc6-7)cc5)cc4)c4ccc5c(c4)C(c4ccccc4)(c4ccccc4)c4ccccc4-5)cc3)o2)cc1. The number of para-hydroxylation sites is 2. The van der Waals surface area contributed by atoms with Gasteiger partial charge in [0.2, 0.25) is 23.6 Å². The molecule has 0 spiro atoms. The Hall–Kier alpha value is -14.5. The second-order valence-corrected chi connectivity index (χ2v) is 27.3. The molecule has 0 aliphatic heterocycles. The van der Waals surface area contributed by atoms with E-state index in [1.165, 1.54) is 66.8 Å². The normalized spacial score (nSPS) is 12.8. The molecule has 2 aliphatic carbocycles. The molecule has 108 heavy (non-hydrogen) atoms. The molecule has 0 saturated carbocycles. The fourth-order valence-corrected chi connectivity index (χ4v) is 16.6. The van der Waals surface area contributed by atoms with Crippen molar-refractivity contribution in [1.29, 1.82) is 0 Å². The number of hydrogen-bond acceptors (Lipinski definition) is 10. The van der Waals surface area contributed by atoms with Gasteiger partial charge in [-0.15, -0.1) is 20.4 Å². The van der Waals surface area contributed by atoms with E-state index in [2.05, 4.69) is 334 Å². The lowest BCUT2D eigenvalue weighted by Crippen LogP contribution is -2.28. The number of nitrogens with zero attached hydrogens (tertiary/aromatic N) is 8. The molecule has 0 amide bonds. The van der Waals surface area contributed by atoms with Gasteiger partial charge in [0.25, 0.3) is 0 Å². The van der Waals surface area contributed by atoms with Crippen LogP contribution in [0, 0.1) is 0 Å². The fourth-order valence-electron chi connectivity index (χ4n) is 16.6. The highest BCUT2D eigenvalue weighted by Gasteiger charge is 2.48. The highest BCUT2D eigenvalue weighted by atomic mass is 16.4. The van der Waals surface area contributed by atoms with E-state index in [1.54, 1.807) is 0 Å². The van der Waals surface area contributed by atoms with Gasteiger partial charge in [-0.1, -0.05) is 255 Å². The van der Waals surface area contributed by atoms with Crippen molar-refractivity contribution in [3.63, 3.8) is 0 Å². The summed E-state index contributed by atoms with van der Waals surface area (Å²) in [6.07, 6.45) is 0. The van der Waals surface area contributed by atoms with Crippen LogP contribution >= 0.6 is 0 Å². The number of rotatable bonds is 16. The summed E-state index contributed by atoms with van der Waals surface area (Å²) in [5, 5.41) is 17.9. The molecule has 0 fully saturated rings. The van der Waals surface area contributed by atoms with E-state index < -0.39 is 10.8 Å². The lowest BCUT2D eigenvalue weighted by atomic mass is 9.67. The topological polar surface area (TPSA) is 110 Å². The van der Waals surface area contributed by atoms with Crippen molar-refractivity contribution in [3.05, 3.63) is 433 Å². The molecule has 15 aromatic carbocycles. The van der Waals surface area contributed by atoms with Gasteiger partial charge in [-0.2, -0.15) is 0 Å². The molecule has 0 bridgehead atoms. The average Bonchev–Trinajstić information content (AvgIpc) is 1.57. The number of hydrogen-bond donors (Lipinski definition) is 0. The Morgan fingerprint density at radius 2 is 0.454 bits per heavy atom. The Morgan fingerprint density at radius 1 is 0.204 bits per heavy atom. The summed E-state index contributed by atoms with van der Waals surface area (Å²) in [5.74, 6) is 1.80. The molecule has 0 atom stereocenters. The maximum atomic E-state index is 6.32. The highest BCUT2D eigenvalue weighted by molar-refractivity contribution is 5.94. The molecule has 10 nitrogen and oxygen atoms in total. The van der Waals surface area contributed by atoms with Gasteiger partial charge < -0.3 is 18.6 Å². The predicted octanol–water partition coefficient (Wildman–Crippen LogP) is 24.1. The third-order valence-electron chi connectivity index (χ3n) is 21.4. The standard InChI is InChI=1S/C98H64N8O2/c1-7-25-67(26-8-1)93-101-103-95(107-93)69-47-55-77(56-48-69)105(79-59-61-83-81-37-19-21-39-85(81)97(87(83)63-79,71-29-11-3-12-30-71)72-31-13-4-14-32-72)75-51-43-65(44-52-75)91-92(100-90-42-24-23-41-89(90)99-91)66-45-53-76(54-46-66)106(78-57-49-70(50-58-78)96-104-102-94(108-96)68-27-9-2-10-28-68)80-60-62-84-82-38-20-22-40-86(82)98(88(84)64-80,73-33-15-5-16-34-73)74-35-17-6-18-36-74/h1-64H. The van der Waals surface area contributed by atoms with Crippen LogP contribution in [-0.2, 0) is 10.8 Å². The summed E-state index contributed by atoms with van der Waals surface area (Å²) < 4.78 is 12.6. The van der Waals surface area contributed by atoms with E-state index in [-0.39, 0.29) is 0 Å². The van der Waals surface area contributed by atoms with Crippen LogP contribution < -0.4 is 9.80 Å². The number of aromatic nitrogens is 6. The number of anilines is 6. The minimum Gasteiger partial charge on any atom is -0.416 e. The van der Waals surface area contributed by atoms with E-state index in [0.29, 0.717) is 23.6 Å². The van der Waals surface area contributed by atoms with Gasteiger partial charge in [0.15, 0.2) is 0 Å². The van der Waals surface area contributed by atoms with Crippen molar-refractivity contribution in [2.24, 2.45) is 0 Å². The van der Waals surface area contributed by atoms with Gasteiger partial charge in [-0.25, -0.2) is 9.97 Å². The van der Waals surface area contributed by atoms with Gasteiger partial charge >= 0.3 is 0 Å². The van der Waals surface area contributed by atoms with E-state index in [4.69, 9.17) is 18.8 Å². The van der Waals surface area contributed by atoms with E-state index in [0.717, 1.165) is 89.9 Å². The quantitative estimate of drug-likeness (QED) is 0.0927. The molecule has 2 aliphatic rings. The van der Waals surface area contributed by atoms with Gasteiger partial charge in [-0.05, 0) is 200 Å². The Labute approximate surface area is 624 Å². The van der Waals surface area contributed by atoms with Crippen molar-refractivity contribution in [2.75, 3.05) is 9.80 Å².